The second kappa shape index (κ2) is 9.27. The average Bonchev–Trinajstić information content (AvgIpc) is 2.94. The molecule has 0 spiro atoms. The van der Waals surface area contributed by atoms with Crippen molar-refractivity contribution in [3.05, 3.63) is 112 Å². The highest BCUT2D eigenvalue weighted by molar-refractivity contribution is 6.20. The largest absolute Gasteiger partial charge is 0.323 e. The summed E-state index contributed by atoms with van der Waals surface area (Å²) >= 11 is 0. The van der Waals surface area contributed by atoms with Gasteiger partial charge in [-0.1, -0.05) is 48.5 Å². The van der Waals surface area contributed by atoms with Crippen molar-refractivity contribution in [2.75, 3.05) is 11.9 Å². The number of nitrogens with zero attached hydrogens (tertiary/aromatic N) is 3. The highest BCUT2D eigenvalue weighted by Gasteiger charge is 2.30. The Morgan fingerprint density at radius 3 is 2.39 bits per heavy atom. The summed E-state index contributed by atoms with van der Waals surface area (Å²) in [6.45, 7) is 0. The van der Waals surface area contributed by atoms with E-state index in [2.05, 4.69) is 10.3 Å². The lowest BCUT2D eigenvalue weighted by molar-refractivity contribution is -0.384. The molecule has 3 aromatic rings. The van der Waals surface area contributed by atoms with Gasteiger partial charge >= 0.3 is 0 Å². The van der Waals surface area contributed by atoms with Gasteiger partial charge < -0.3 is 10.2 Å². The van der Waals surface area contributed by atoms with Crippen LogP contribution in [0.15, 0.2) is 89.9 Å². The molecule has 0 saturated carbocycles. The molecule has 0 fully saturated rings. The highest BCUT2D eigenvalue weighted by Crippen LogP contribution is 2.27. The van der Waals surface area contributed by atoms with Gasteiger partial charge in [-0.2, -0.15) is 0 Å². The molecule has 1 atom stereocenters. The number of benzodiazepines with no additional fused rings is 1. The Bertz CT molecular complexity index is 1270. The molecule has 8 nitrogen and oxygen atoms in total. The normalized spacial score (nSPS) is 15.5. The van der Waals surface area contributed by atoms with E-state index >= 15 is 0 Å². The molecule has 0 aromatic heterocycles. The van der Waals surface area contributed by atoms with Crippen molar-refractivity contribution >= 4 is 35.0 Å². The Kier molecular flexibility index (Phi) is 6.08. The van der Waals surface area contributed by atoms with Gasteiger partial charge in [-0.05, 0) is 29.8 Å². The number of anilines is 1. The van der Waals surface area contributed by atoms with Crippen molar-refractivity contribution in [2.24, 2.45) is 4.99 Å². The summed E-state index contributed by atoms with van der Waals surface area (Å²) in [5.74, 6) is -0.882. The Hall–Kier alpha value is -4.59. The lowest BCUT2D eigenvalue weighted by atomic mass is 10.0. The van der Waals surface area contributed by atoms with Gasteiger partial charge in [0.1, 0.15) is 0 Å². The molecular formula is C25H20N4O4. The van der Waals surface area contributed by atoms with E-state index in [9.17, 15) is 19.7 Å². The quantitative estimate of drug-likeness (QED) is 0.372. The average molecular weight is 440 g/mol. The Labute approximate surface area is 190 Å². The van der Waals surface area contributed by atoms with E-state index in [0.717, 1.165) is 11.1 Å². The van der Waals surface area contributed by atoms with E-state index in [-0.39, 0.29) is 11.6 Å². The molecule has 0 bridgehead atoms. The van der Waals surface area contributed by atoms with Crippen molar-refractivity contribution < 1.29 is 14.5 Å². The maximum Gasteiger partial charge on any atom is 0.272 e. The number of non-ortho nitro benzene ring substituents is 1. The van der Waals surface area contributed by atoms with Crippen LogP contribution in [0, 0.1) is 10.1 Å². The zero-order valence-electron chi connectivity index (χ0n) is 17.7. The van der Waals surface area contributed by atoms with Gasteiger partial charge in [-0.3, -0.25) is 19.7 Å². The van der Waals surface area contributed by atoms with Gasteiger partial charge in [0, 0.05) is 36.4 Å². The number of para-hydroxylation sites is 1. The van der Waals surface area contributed by atoms with Crippen LogP contribution >= 0.6 is 0 Å². The zero-order valence-corrected chi connectivity index (χ0v) is 17.7. The van der Waals surface area contributed by atoms with Crippen LogP contribution in [0.4, 0.5) is 11.4 Å². The number of amides is 2. The number of hydrogen-bond donors (Lipinski definition) is 1. The van der Waals surface area contributed by atoms with Crippen molar-refractivity contribution in [3.8, 4) is 0 Å². The van der Waals surface area contributed by atoms with E-state index in [1.807, 2.05) is 54.6 Å². The van der Waals surface area contributed by atoms with Crippen LogP contribution < -0.4 is 10.2 Å². The van der Waals surface area contributed by atoms with Crippen molar-refractivity contribution in [1.29, 1.82) is 0 Å². The van der Waals surface area contributed by atoms with E-state index < -0.39 is 17.0 Å². The molecule has 164 valence electrons. The molecule has 0 unspecified atom stereocenters. The number of benzene rings is 3. The topological polar surface area (TPSA) is 105 Å². The minimum absolute atomic E-state index is 0.0361. The first kappa shape index (κ1) is 21.6. The first-order valence-corrected chi connectivity index (χ1v) is 10.2. The van der Waals surface area contributed by atoms with E-state index in [1.54, 1.807) is 7.05 Å². The van der Waals surface area contributed by atoms with Crippen LogP contribution in [0.2, 0.25) is 0 Å². The van der Waals surface area contributed by atoms with Gasteiger partial charge in [-0.15, -0.1) is 0 Å². The SMILES string of the molecule is CN1C(=O)[C@H](NC(=O)/C=C/c2ccc([N+](=O)[O-])cc2)N=C(c2ccccc2)c2ccccc21. The van der Waals surface area contributed by atoms with Gasteiger partial charge in [-0.25, -0.2) is 4.99 Å². The zero-order chi connectivity index (χ0) is 23.4. The Morgan fingerprint density at radius 1 is 1.03 bits per heavy atom. The maximum atomic E-state index is 13.1. The van der Waals surface area contributed by atoms with E-state index in [1.165, 1.54) is 41.3 Å². The van der Waals surface area contributed by atoms with Crippen LogP contribution in [-0.2, 0) is 9.59 Å². The molecule has 0 saturated heterocycles. The minimum Gasteiger partial charge on any atom is -0.323 e. The second-order valence-electron chi connectivity index (χ2n) is 7.35. The summed E-state index contributed by atoms with van der Waals surface area (Å²) < 4.78 is 0. The fraction of sp³-hybridized carbons (Fsp3) is 0.0800. The summed E-state index contributed by atoms with van der Waals surface area (Å²) in [6, 6.07) is 22.7. The van der Waals surface area contributed by atoms with E-state index in [0.29, 0.717) is 17.0 Å². The Balaban J connectivity index is 1.62. The molecule has 8 heteroatoms. The summed E-state index contributed by atoms with van der Waals surface area (Å²) in [6.07, 6.45) is 1.66. The number of rotatable bonds is 5. The number of likely N-dealkylation sites (N-methyl/N-ethyl adjacent to an activating group) is 1. The molecule has 1 aliphatic rings. The predicted molar refractivity (Wildman–Crippen MR) is 126 cm³/mol. The summed E-state index contributed by atoms with van der Waals surface area (Å²) in [5, 5.41) is 13.4. The molecule has 0 radical (unpaired) electrons. The smallest absolute Gasteiger partial charge is 0.272 e. The third kappa shape index (κ3) is 4.69. The fourth-order valence-corrected chi connectivity index (χ4v) is 3.50. The van der Waals surface area contributed by atoms with Crippen LogP contribution in [0.1, 0.15) is 16.7 Å². The molecule has 3 aromatic carbocycles. The number of hydrogen-bond acceptors (Lipinski definition) is 5. The minimum atomic E-state index is -1.12. The Morgan fingerprint density at radius 2 is 1.70 bits per heavy atom. The fourth-order valence-electron chi connectivity index (χ4n) is 3.50. The monoisotopic (exact) mass is 440 g/mol. The van der Waals surface area contributed by atoms with Crippen molar-refractivity contribution in [2.45, 2.75) is 6.17 Å². The second-order valence-corrected chi connectivity index (χ2v) is 7.35. The number of carbonyl (C=O) groups excluding carboxylic acids is 2. The van der Waals surface area contributed by atoms with Gasteiger partial charge in [0.2, 0.25) is 12.1 Å². The first-order valence-electron chi connectivity index (χ1n) is 10.2. The first-order chi connectivity index (χ1) is 15.9. The third-order valence-electron chi connectivity index (χ3n) is 5.20. The molecule has 1 heterocycles. The number of aliphatic imine (C=N–C) groups is 1. The molecular weight excluding hydrogens is 420 g/mol. The van der Waals surface area contributed by atoms with Crippen LogP contribution in [-0.4, -0.2) is 35.7 Å². The highest BCUT2D eigenvalue weighted by atomic mass is 16.6. The van der Waals surface area contributed by atoms with Crippen LogP contribution in [0.25, 0.3) is 6.08 Å². The number of nitro groups is 1. The van der Waals surface area contributed by atoms with Crippen molar-refractivity contribution in [3.63, 3.8) is 0 Å². The van der Waals surface area contributed by atoms with Crippen molar-refractivity contribution in [1.82, 2.24) is 5.32 Å². The molecule has 0 aliphatic carbocycles. The van der Waals surface area contributed by atoms with E-state index in [4.69, 9.17) is 0 Å². The summed E-state index contributed by atoms with van der Waals surface area (Å²) in [5.41, 5.74) is 3.50. The van der Waals surface area contributed by atoms with Crippen LogP contribution in [0.3, 0.4) is 0 Å². The summed E-state index contributed by atoms with van der Waals surface area (Å²) in [7, 11) is 1.65. The number of nitrogens with one attached hydrogen (secondary N) is 1. The van der Waals surface area contributed by atoms with Gasteiger partial charge in [0.25, 0.3) is 11.6 Å². The molecule has 33 heavy (non-hydrogen) atoms. The molecule has 1 N–H and O–H groups in total. The maximum absolute atomic E-state index is 13.1. The third-order valence-corrected chi connectivity index (χ3v) is 5.20. The predicted octanol–water partition coefficient (Wildman–Crippen LogP) is 3.56. The molecule has 1 aliphatic heterocycles. The summed E-state index contributed by atoms with van der Waals surface area (Å²) in [4.78, 5) is 42.1. The lowest BCUT2D eigenvalue weighted by Crippen LogP contribution is -2.45. The number of nitro benzene ring substituents is 1. The lowest BCUT2D eigenvalue weighted by Gasteiger charge is -2.20. The van der Waals surface area contributed by atoms with Crippen LogP contribution in [0.5, 0.6) is 0 Å². The van der Waals surface area contributed by atoms with Gasteiger partial charge in [0.05, 0.1) is 16.3 Å². The number of fused-ring (bicyclic) bond motifs is 1. The molecule has 2 amide bonds. The van der Waals surface area contributed by atoms with Gasteiger partial charge in [0.15, 0.2) is 0 Å². The number of carbonyl (C=O) groups is 2. The molecule has 4 rings (SSSR count). The standard InChI is InChI=1S/C25H20N4O4/c1-28-21-10-6-5-9-20(21)23(18-7-3-2-4-8-18)27-24(25(28)31)26-22(30)16-13-17-11-14-19(15-12-17)29(32)33/h2-16,24H,1H3,(H,26,30)/b16-13+/t24-/m1/s1.